The van der Waals surface area contributed by atoms with E-state index >= 15 is 0 Å². The summed E-state index contributed by atoms with van der Waals surface area (Å²) in [5.41, 5.74) is 11.9. The molecule has 1 nitrogen and oxygen atoms in total. The summed E-state index contributed by atoms with van der Waals surface area (Å²) in [6.45, 7) is 2.11. The molecule has 18 heavy (non-hydrogen) atoms. The fraction of sp³-hybridized carbons (Fsp3) is 0.294. The minimum absolute atomic E-state index is 0.120. The number of rotatable bonds is 2. The minimum Gasteiger partial charge on any atom is -0.323 e. The molecule has 0 bridgehead atoms. The molecule has 1 aliphatic carbocycles. The number of benzene rings is 2. The first-order valence-corrected chi connectivity index (χ1v) is 6.65. The fourth-order valence-electron chi connectivity index (χ4n) is 2.98. The van der Waals surface area contributed by atoms with Crippen molar-refractivity contribution in [3.63, 3.8) is 0 Å². The zero-order chi connectivity index (χ0) is 12.5. The van der Waals surface area contributed by atoms with Gasteiger partial charge in [-0.3, -0.25) is 0 Å². The van der Waals surface area contributed by atoms with Gasteiger partial charge in [0.1, 0.15) is 0 Å². The second kappa shape index (κ2) is 4.58. The summed E-state index contributed by atoms with van der Waals surface area (Å²) in [5.74, 6) is 0.476. The Morgan fingerprint density at radius 3 is 2.56 bits per heavy atom. The molecule has 2 unspecified atom stereocenters. The van der Waals surface area contributed by atoms with Crippen LogP contribution in [-0.4, -0.2) is 0 Å². The van der Waals surface area contributed by atoms with Crippen LogP contribution in [-0.2, 0) is 6.42 Å². The zero-order valence-electron chi connectivity index (χ0n) is 10.8. The molecular formula is C17H19N. The lowest BCUT2D eigenvalue weighted by atomic mass is 9.89. The Hall–Kier alpha value is -1.60. The molecule has 2 N–H and O–H groups in total. The Morgan fingerprint density at radius 2 is 1.78 bits per heavy atom. The fourth-order valence-corrected chi connectivity index (χ4v) is 2.98. The van der Waals surface area contributed by atoms with Crippen LogP contribution in [0.4, 0.5) is 0 Å². The van der Waals surface area contributed by atoms with Crippen molar-refractivity contribution in [1.82, 2.24) is 0 Å². The van der Waals surface area contributed by atoms with Crippen LogP contribution in [0.2, 0.25) is 0 Å². The first-order valence-electron chi connectivity index (χ1n) is 6.65. The molecule has 0 heterocycles. The normalized spacial score (nSPS) is 19.6. The van der Waals surface area contributed by atoms with Crippen molar-refractivity contribution in [2.45, 2.75) is 31.7 Å². The van der Waals surface area contributed by atoms with E-state index in [0.717, 1.165) is 0 Å². The molecular weight excluding hydrogens is 218 g/mol. The van der Waals surface area contributed by atoms with Gasteiger partial charge in [0.25, 0.3) is 0 Å². The van der Waals surface area contributed by atoms with Crippen molar-refractivity contribution in [3.8, 4) is 0 Å². The van der Waals surface area contributed by atoms with E-state index < -0.39 is 0 Å². The molecule has 2 atom stereocenters. The third-order valence-electron chi connectivity index (χ3n) is 4.07. The Kier molecular flexibility index (Phi) is 2.92. The standard InChI is InChI=1S/C17H19N/c1-12-6-8-14(9-7-12)17(18)16-11-10-13-4-2-3-5-15(13)16/h2-9,16-17H,10-11,18H2,1H3. The second-order valence-electron chi connectivity index (χ2n) is 5.28. The molecule has 0 radical (unpaired) electrons. The monoisotopic (exact) mass is 237 g/mol. The predicted octanol–water partition coefficient (Wildman–Crippen LogP) is 3.72. The van der Waals surface area contributed by atoms with Gasteiger partial charge >= 0.3 is 0 Å². The van der Waals surface area contributed by atoms with Crippen molar-refractivity contribution < 1.29 is 0 Å². The topological polar surface area (TPSA) is 26.0 Å². The maximum absolute atomic E-state index is 6.47. The molecule has 0 aliphatic heterocycles. The van der Waals surface area contributed by atoms with Crippen LogP contribution < -0.4 is 5.73 Å². The number of hydrogen-bond acceptors (Lipinski definition) is 1. The number of aryl methyl sites for hydroxylation is 2. The summed E-state index contributed by atoms with van der Waals surface area (Å²) in [6.07, 6.45) is 2.34. The molecule has 92 valence electrons. The Morgan fingerprint density at radius 1 is 1.06 bits per heavy atom. The second-order valence-corrected chi connectivity index (χ2v) is 5.28. The molecule has 3 rings (SSSR count). The highest BCUT2D eigenvalue weighted by Gasteiger charge is 2.27. The smallest absolute Gasteiger partial charge is 0.0364 e. The Labute approximate surface area is 109 Å². The maximum Gasteiger partial charge on any atom is 0.0364 e. The van der Waals surface area contributed by atoms with Crippen molar-refractivity contribution in [2.75, 3.05) is 0 Å². The van der Waals surface area contributed by atoms with Gasteiger partial charge in [-0.05, 0) is 36.5 Å². The van der Waals surface area contributed by atoms with Crippen LogP contribution in [0.1, 0.15) is 40.6 Å². The highest BCUT2D eigenvalue weighted by molar-refractivity contribution is 5.38. The van der Waals surface area contributed by atoms with Gasteiger partial charge in [0, 0.05) is 12.0 Å². The van der Waals surface area contributed by atoms with Crippen LogP contribution in [0.5, 0.6) is 0 Å². The Balaban J connectivity index is 1.90. The van der Waals surface area contributed by atoms with E-state index in [-0.39, 0.29) is 6.04 Å². The molecule has 1 aliphatic rings. The first-order chi connectivity index (χ1) is 8.75. The Bertz CT molecular complexity index is 542. The molecule has 0 saturated carbocycles. The lowest BCUT2D eigenvalue weighted by molar-refractivity contribution is 0.551. The largest absolute Gasteiger partial charge is 0.323 e. The van der Waals surface area contributed by atoms with Crippen molar-refractivity contribution in [1.29, 1.82) is 0 Å². The quantitative estimate of drug-likeness (QED) is 0.846. The van der Waals surface area contributed by atoms with Crippen LogP contribution in [0.3, 0.4) is 0 Å². The molecule has 1 heteroatoms. The van der Waals surface area contributed by atoms with Gasteiger partial charge in [0.2, 0.25) is 0 Å². The van der Waals surface area contributed by atoms with Gasteiger partial charge in [0.05, 0.1) is 0 Å². The van der Waals surface area contributed by atoms with Crippen LogP contribution in [0.25, 0.3) is 0 Å². The number of nitrogens with two attached hydrogens (primary N) is 1. The molecule has 0 amide bonds. The summed E-state index contributed by atoms with van der Waals surface area (Å²) in [7, 11) is 0. The lowest BCUT2D eigenvalue weighted by Crippen LogP contribution is -2.18. The molecule has 0 aromatic heterocycles. The lowest BCUT2D eigenvalue weighted by Gasteiger charge is -2.21. The summed E-state index contributed by atoms with van der Waals surface area (Å²) in [6, 6.07) is 17.5. The van der Waals surface area contributed by atoms with E-state index in [2.05, 4.69) is 55.5 Å². The number of hydrogen-bond donors (Lipinski definition) is 1. The van der Waals surface area contributed by atoms with Crippen LogP contribution in [0.15, 0.2) is 48.5 Å². The minimum atomic E-state index is 0.120. The van der Waals surface area contributed by atoms with Gasteiger partial charge in [-0.1, -0.05) is 54.1 Å². The average Bonchev–Trinajstić information content (AvgIpc) is 2.82. The first kappa shape index (κ1) is 11.5. The van der Waals surface area contributed by atoms with E-state index in [1.54, 1.807) is 0 Å². The summed E-state index contributed by atoms with van der Waals surface area (Å²) in [4.78, 5) is 0. The highest BCUT2D eigenvalue weighted by atomic mass is 14.7. The van der Waals surface area contributed by atoms with Gasteiger partial charge in [-0.25, -0.2) is 0 Å². The van der Waals surface area contributed by atoms with E-state index in [1.165, 1.54) is 35.1 Å². The van der Waals surface area contributed by atoms with Crippen molar-refractivity contribution in [2.24, 2.45) is 5.73 Å². The van der Waals surface area contributed by atoms with Crippen LogP contribution in [0, 0.1) is 6.92 Å². The van der Waals surface area contributed by atoms with Crippen molar-refractivity contribution in [3.05, 3.63) is 70.8 Å². The van der Waals surface area contributed by atoms with Crippen molar-refractivity contribution >= 4 is 0 Å². The van der Waals surface area contributed by atoms with Gasteiger partial charge in [-0.15, -0.1) is 0 Å². The predicted molar refractivity (Wildman–Crippen MR) is 75.6 cm³/mol. The zero-order valence-corrected chi connectivity index (χ0v) is 10.8. The van der Waals surface area contributed by atoms with E-state index in [0.29, 0.717) is 5.92 Å². The third-order valence-corrected chi connectivity index (χ3v) is 4.07. The molecule has 2 aromatic carbocycles. The third kappa shape index (κ3) is 1.95. The summed E-state index contributed by atoms with van der Waals surface area (Å²) >= 11 is 0. The van der Waals surface area contributed by atoms with E-state index in [9.17, 15) is 0 Å². The SMILES string of the molecule is Cc1ccc(C(N)C2CCc3ccccc32)cc1. The van der Waals surface area contributed by atoms with Gasteiger partial charge < -0.3 is 5.73 Å². The van der Waals surface area contributed by atoms with Gasteiger partial charge in [-0.2, -0.15) is 0 Å². The summed E-state index contributed by atoms with van der Waals surface area (Å²) < 4.78 is 0. The average molecular weight is 237 g/mol. The summed E-state index contributed by atoms with van der Waals surface area (Å²) in [5, 5.41) is 0. The van der Waals surface area contributed by atoms with E-state index in [1.807, 2.05) is 0 Å². The molecule has 2 aromatic rings. The molecule has 0 fully saturated rings. The highest BCUT2D eigenvalue weighted by Crippen LogP contribution is 2.40. The van der Waals surface area contributed by atoms with E-state index in [4.69, 9.17) is 5.73 Å². The number of fused-ring (bicyclic) bond motifs is 1. The van der Waals surface area contributed by atoms with Crippen LogP contribution >= 0.6 is 0 Å². The molecule has 0 spiro atoms. The molecule has 0 saturated heterocycles. The van der Waals surface area contributed by atoms with Gasteiger partial charge in [0.15, 0.2) is 0 Å². The maximum atomic E-state index is 6.47.